The standard InChI is InChI=1S/C16H24O2/c1-12(17)18-16-11-7-3-6-10-15(16)13-8-4-2-5-9-14(13)16/h8,14-15H,2-7,9-11H2,1H3/t14-,15-,16+/m0/s1. The molecule has 0 unspecified atom stereocenters. The second-order valence-corrected chi connectivity index (χ2v) is 6.24. The maximum absolute atomic E-state index is 11.5. The van der Waals surface area contributed by atoms with Crippen molar-refractivity contribution in [2.45, 2.75) is 70.3 Å². The van der Waals surface area contributed by atoms with E-state index in [9.17, 15) is 4.79 Å². The summed E-state index contributed by atoms with van der Waals surface area (Å²) in [4.78, 5) is 11.5. The van der Waals surface area contributed by atoms with Crippen LogP contribution in [-0.4, -0.2) is 11.6 Å². The molecule has 2 fully saturated rings. The van der Waals surface area contributed by atoms with Gasteiger partial charge in [0.15, 0.2) is 0 Å². The van der Waals surface area contributed by atoms with Gasteiger partial charge in [0.1, 0.15) is 5.60 Å². The van der Waals surface area contributed by atoms with Crippen molar-refractivity contribution in [1.29, 1.82) is 0 Å². The smallest absolute Gasteiger partial charge is 0.303 e. The van der Waals surface area contributed by atoms with E-state index >= 15 is 0 Å². The molecule has 0 radical (unpaired) electrons. The molecular formula is C16H24O2. The number of hydrogen-bond donors (Lipinski definition) is 0. The monoisotopic (exact) mass is 248 g/mol. The molecule has 0 heterocycles. The molecule has 2 heteroatoms. The molecule has 0 saturated heterocycles. The van der Waals surface area contributed by atoms with Crippen molar-refractivity contribution in [2.24, 2.45) is 11.8 Å². The fourth-order valence-electron chi connectivity index (χ4n) is 4.56. The van der Waals surface area contributed by atoms with Crippen molar-refractivity contribution in [1.82, 2.24) is 0 Å². The molecular weight excluding hydrogens is 224 g/mol. The van der Waals surface area contributed by atoms with Gasteiger partial charge in [-0.2, -0.15) is 0 Å². The Hall–Kier alpha value is -0.790. The number of hydrogen-bond acceptors (Lipinski definition) is 2. The molecule has 0 N–H and O–H groups in total. The quantitative estimate of drug-likeness (QED) is 0.518. The normalized spacial score (nSPS) is 39.3. The number of fused-ring (bicyclic) bond motifs is 4. The van der Waals surface area contributed by atoms with Crippen LogP contribution in [0.3, 0.4) is 0 Å². The lowest BCUT2D eigenvalue weighted by Gasteiger charge is -2.56. The lowest BCUT2D eigenvalue weighted by Crippen LogP contribution is -2.59. The summed E-state index contributed by atoms with van der Waals surface area (Å²) in [6.45, 7) is 1.58. The fraction of sp³-hybridized carbons (Fsp3) is 0.812. The van der Waals surface area contributed by atoms with Crippen LogP contribution in [0.25, 0.3) is 0 Å². The van der Waals surface area contributed by atoms with Gasteiger partial charge in [0, 0.05) is 18.8 Å². The average Bonchev–Trinajstić information content (AvgIpc) is 2.63. The van der Waals surface area contributed by atoms with E-state index in [0.717, 1.165) is 6.42 Å². The van der Waals surface area contributed by atoms with Gasteiger partial charge < -0.3 is 4.74 Å². The minimum atomic E-state index is -0.113. The van der Waals surface area contributed by atoms with E-state index in [1.165, 1.54) is 51.4 Å². The average molecular weight is 248 g/mol. The molecule has 3 aliphatic rings. The van der Waals surface area contributed by atoms with Crippen molar-refractivity contribution in [3.63, 3.8) is 0 Å². The fourth-order valence-corrected chi connectivity index (χ4v) is 4.56. The topological polar surface area (TPSA) is 26.3 Å². The van der Waals surface area contributed by atoms with E-state index in [0.29, 0.717) is 11.8 Å². The Morgan fingerprint density at radius 1 is 1.17 bits per heavy atom. The Morgan fingerprint density at radius 3 is 2.61 bits per heavy atom. The van der Waals surface area contributed by atoms with E-state index in [2.05, 4.69) is 6.08 Å². The minimum absolute atomic E-state index is 0.0785. The van der Waals surface area contributed by atoms with Crippen molar-refractivity contribution >= 4 is 5.97 Å². The van der Waals surface area contributed by atoms with Crippen LogP contribution in [0, 0.1) is 11.8 Å². The Balaban J connectivity index is 1.91. The van der Waals surface area contributed by atoms with Crippen LogP contribution < -0.4 is 0 Å². The van der Waals surface area contributed by atoms with Gasteiger partial charge in [-0.3, -0.25) is 4.79 Å². The Bertz CT molecular complexity index is 371. The first-order valence-electron chi connectivity index (χ1n) is 7.63. The Morgan fingerprint density at radius 2 is 1.89 bits per heavy atom. The minimum Gasteiger partial charge on any atom is -0.458 e. The third-order valence-corrected chi connectivity index (χ3v) is 5.21. The lowest BCUT2D eigenvalue weighted by atomic mass is 9.54. The first-order chi connectivity index (χ1) is 8.74. The van der Waals surface area contributed by atoms with Gasteiger partial charge in [-0.25, -0.2) is 0 Å². The van der Waals surface area contributed by atoms with Gasteiger partial charge in [-0.1, -0.05) is 30.9 Å². The van der Waals surface area contributed by atoms with E-state index in [4.69, 9.17) is 4.74 Å². The summed E-state index contributed by atoms with van der Waals surface area (Å²) < 4.78 is 5.90. The number of esters is 1. The zero-order valence-corrected chi connectivity index (χ0v) is 11.4. The highest BCUT2D eigenvalue weighted by atomic mass is 16.6. The van der Waals surface area contributed by atoms with E-state index < -0.39 is 0 Å². The number of rotatable bonds is 1. The molecule has 0 aromatic heterocycles. The number of carbonyl (C=O) groups excluding carboxylic acids is 1. The Labute approximate surface area is 110 Å². The summed E-state index contributed by atoms with van der Waals surface area (Å²) in [5.74, 6) is 1.02. The molecule has 3 aliphatic carbocycles. The van der Waals surface area contributed by atoms with Crippen LogP contribution in [0.1, 0.15) is 64.7 Å². The highest BCUT2D eigenvalue weighted by molar-refractivity contribution is 5.67. The van der Waals surface area contributed by atoms with Crippen molar-refractivity contribution in [2.75, 3.05) is 0 Å². The number of carbonyl (C=O) groups is 1. The molecule has 0 amide bonds. The Kier molecular flexibility index (Phi) is 3.21. The third-order valence-electron chi connectivity index (χ3n) is 5.21. The van der Waals surface area contributed by atoms with Gasteiger partial charge >= 0.3 is 5.97 Å². The van der Waals surface area contributed by atoms with Gasteiger partial charge in [0.05, 0.1) is 0 Å². The molecule has 0 aliphatic heterocycles. The summed E-state index contributed by atoms with van der Waals surface area (Å²) in [5.41, 5.74) is 1.52. The molecule has 0 aromatic rings. The first kappa shape index (κ1) is 12.3. The van der Waals surface area contributed by atoms with Crippen LogP contribution in [0.5, 0.6) is 0 Å². The zero-order valence-electron chi connectivity index (χ0n) is 11.4. The van der Waals surface area contributed by atoms with Crippen molar-refractivity contribution in [3.8, 4) is 0 Å². The maximum atomic E-state index is 11.5. The predicted molar refractivity (Wildman–Crippen MR) is 71.1 cm³/mol. The second kappa shape index (κ2) is 4.71. The van der Waals surface area contributed by atoms with Crippen LogP contribution in [0.2, 0.25) is 0 Å². The molecule has 18 heavy (non-hydrogen) atoms. The SMILES string of the molecule is CC(=O)O[C@@]12CCCCC[C@H]1C1=CCCCC[C@@H]12. The molecule has 0 spiro atoms. The molecule has 3 rings (SSSR count). The van der Waals surface area contributed by atoms with E-state index in [1.54, 1.807) is 12.5 Å². The van der Waals surface area contributed by atoms with Gasteiger partial charge in [0.2, 0.25) is 0 Å². The molecule has 3 atom stereocenters. The highest BCUT2D eigenvalue weighted by Gasteiger charge is 2.60. The lowest BCUT2D eigenvalue weighted by molar-refractivity contribution is -0.184. The second-order valence-electron chi connectivity index (χ2n) is 6.24. The largest absolute Gasteiger partial charge is 0.458 e. The predicted octanol–water partition coefficient (Wildman–Crippen LogP) is 4.00. The molecule has 0 aromatic carbocycles. The van der Waals surface area contributed by atoms with E-state index in [1.807, 2.05) is 0 Å². The summed E-state index contributed by atoms with van der Waals surface area (Å²) in [5, 5.41) is 0. The van der Waals surface area contributed by atoms with Crippen molar-refractivity contribution < 1.29 is 9.53 Å². The van der Waals surface area contributed by atoms with Crippen LogP contribution in [-0.2, 0) is 9.53 Å². The van der Waals surface area contributed by atoms with Crippen LogP contribution in [0.4, 0.5) is 0 Å². The molecule has 2 nitrogen and oxygen atoms in total. The first-order valence-corrected chi connectivity index (χ1v) is 7.63. The summed E-state index contributed by atoms with van der Waals surface area (Å²) in [7, 11) is 0. The third kappa shape index (κ3) is 1.81. The summed E-state index contributed by atoms with van der Waals surface area (Å²) in [6.07, 6.45) is 13.7. The van der Waals surface area contributed by atoms with Crippen LogP contribution in [0.15, 0.2) is 11.6 Å². The highest BCUT2D eigenvalue weighted by Crippen LogP contribution is 2.60. The summed E-state index contributed by atoms with van der Waals surface area (Å²) in [6, 6.07) is 0. The molecule has 100 valence electrons. The number of ether oxygens (including phenoxy) is 1. The summed E-state index contributed by atoms with van der Waals surface area (Å²) >= 11 is 0. The van der Waals surface area contributed by atoms with Gasteiger partial charge in [-0.15, -0.1) is 0 Å². The maximum Gasteiger partial charge on any atom is 0.303 e. The van der Waals surface area contributed by atoms with Crippen molar-refractivity contribution in [3.05, 3.63) is 11.6 Å². The zero-order chi connectivity index (χ0) is 12.6. The van der Waals surface area contributed by atoms with E-state index in [-0.39, 0.29) is 11.6 Å². The van der Waals surface area contributed by atoms with Gasteiger partial charge in [0.25, 0.3) is 0 Å². The van der Waals surface area contributed by atoms with Gasteiger partial charge in [-0.05, 0) is 38.5 Å². The molecule has 2 saturated carbocycles. The molecule has 0 bridgehead atoms. The van der Waals surface area contributed by atoms with Crippen LogP contribution >= 0.6 is 0 Å². The number of allylic oxidation sites excluding steroid dienone is 1.